The number of carbonyl (C=O) groups is 3. The summed E-state index contributed by atoms with van der Waals surface area (Å²) in [5.74, 6) is -2.75. The van der Waals surface area contributed by atoms with Crippen molar-refractivity contribution in [3.63, 3.8) is 0 Å². The maximum atomic E-state index is 9.98. The standard InChI is InChI=1S/3C9H18O2.La/c3*1-2-3-4-5-6-7-8-9(10)11;/h3*2-8H2,1H3,(H,10,11);/q;;;+3/p-3. The Labute approximate surface area is 237 Å². The number of hydrogen-bond acceptors (Lipinski definition) is 6. The molecular formula is C27H51LaO6. The van der Waals surface area contributed by atoms with E-state index in [0.29, 0.717) is 0 Å². The number of aliphatic carboxylic acids is 3. The predicted molar refractivity (Wildman–Crippen MR) is 129 cm³/mol. The van der Waals surface area contributed by atoms with E-state index in [1.807, 2.05) is 0 Å². The summed E-state index contributed by atoms with van der Waals surface area (Å²) in [6.45, 7) is 6.50. The summed E-state index contributed by atoms with van der Waals surface area (Å²) >= 11 is 0. The normalized spacial score (nSPS) is 9.62. The molecule has 0 bridgehead atoms. The van der Waals surface area contributed by atoms with Crippen molar-refractivity contribution in [2.24, 2.45) is 0 Å². The molecule has 0 rings (SSSR count). The smallest absolute Gasteiger partial charge is 0.550 e. The SMILES string of the molecule is CCCCCCCCC(=O)[O-].CCCCCCCCC(=O)[O-].CCCCCCCCC(=O)[O-].[La+3]. The Kier molecular flexibility index (Phi) is 44.5. The van der Waals surface area contributed by atoms with E-state index in [2.05, 4.69) is 20.8 Å². The molecule has 0 fully saturated rings. The van der Waals surface area contributed by atoms with E-state index in [1.54, 1.807) is 0 Å². The molecular weight excluding hydrogens is 559 g/mol. The fourth-order valence-corrected chi connectivity index (χ4v) is 3.15. The maximum absolute atomic E-state index is 9.98. The Morgan fingerprint density at radius 3 is 0.735 bits per heavy atom. The van der Waals surface area contributed by atoms with Crippen LogP contribution in [-0.4, -0.2) is 17.9 Å². The summed E-state index contributed by atoms with van der Waals surface area (Å²) in [4.78, 5) is 29.9. The quantitative estimate of drug-likeness (QED) is 0.177. The van der Waals surface area contributed by atoms with Gasteiger partial charge >= 0.3 is 35.6 Å². The molecule has 0 aliphatic rings. The third-order valence-corrected chi connectivity index (χ3v) is 5.20. The van der Waals surface area contributed by atoms with Gasteiger partial charge in [-0.05, 0) is 38.5 Å². The van der Waals surface area contributed by atoms with Gasteiger partial charge in [0.25, 0.3) is 0 Å². The number of rotatable bonds is 21. The Balaban J connectivity index is -0.000000196. The van der Waals surface area contributed by atoms with E-state index in [0.717, 1.165) is 38.5 Å². The second-order valence-corrected chi connectivity index (χ2v) is 8.67. The first-order valence-corrected chi connectivity index (χ1v) is 13.4. The van der Waals surface area contributed by atoms with Gasteiger partial charge in [-0.3, -0.25) is 0 Å². The van der Waals surface area contributed by atoms with Gasteiger partial charge in [-0.25, -0.2) is 0 Å². The molecule has 0 aliphatic carbocycles. The van der Waals surface area contributed by atoms with Crippen molar-refractivity contribution in [2.75, 3.05) is 0 Å². The number of carboxylic acids is 3. The molecule has 34 heavy (non-hydrogen) atoms. The molecule has 0 saturated carbocycles. The van der Waals surface area contributed by atoms with Crippen molar-refractivity contribution in [3.05, 3.63) is 0 Å². The molecule has 0 radical (unpaired) electrons. The average molecular weight is 611 g/mol. The van der Waals surface area contributed by atoms with Gasteiger partial charge < -0.3 is 29.7 Å². The van der Waals surface area contributed by atoms with Crippen molar-refractivity contribution in [2.45, 2.75) is 156 Å². The zero-order valence-corrected chi connectivity index (χ0v) is 26.0. The zero-order valence-electron chi connectivity index (χ0n) is 22.4. The van der Waals surface area contributed by atoms with E-state index >= 15 is 0 Å². The Morgan fingerprint density at radius 2 is 0.559 bits per heavy atom. The molecule has 0 unspecified atom stereocenters. The molecule has 0 amide bonds. The van der Waals surface area contributed by atoms with Crippen LogP contribution in [0.15, 0.2) is 0 Å². The molecule has 198 valence electrons. The van der Waals surface area contributed by atoms with Crippen LogP contribution in [0.4, 0.5) is 0 Å². The van der Waals surface area contributed by atoms with E-state index in [-0.39, 0.29) is 54.9 Å². The van der Waals surface area contributed by atoms with Gasteiger partial charge in [0, 0.05) is 17.9 Å². The minimum Gasteiger partial charge on any atom is -0.550 e. The van der Waals surface area contributed by atoms with E-state index in [9.17, 15) is 29.7 Å². The summed E-state index contributed by atoms with van der Waals surface area (Å²) in [5.41, 5.74) is 0. The van der Waals surface area contributed by atoms with Gasteiger partial charge in [-0.1, -0.05) is 117 Å². The van der Waals surface area contributed by atoms with Crippen LogP contribution >= 0.6 is 0 Å². The molecule has 0 aromatic rings. The monoisotopic (exact) mass is 610 g/mol. The molecule has 0 heterocycles. The van der Waals surface area contributed by atoms with Crippen molar-refractivity contribution >= 4 is 17.9 Å². The molecule has 0 spiro atoms. The first kappa shape index (κ1) is 40.8. The van der Waals surface area contributed by atoms with Crippen LogP contribution in [0.25, 0.3) is 0 Å². The Hall–Kier alpha value is -0.395. The maximum Gasteiger partial charge on any atom is 3.00 e. The van der Waals surface area contributed by atoms with Crippen LogP contribution in [-0.2, 0) is 14.4 Å². The van der Waals surface area contributed by atoms with Crippen LogP contribution in [0.3, 0.4) is 0 Å². The van der Waals surface area contributed by atoms with Crippen molar-refractivity contribution in [1.82, 2.24) is 0 Å². The second kappa shape index (κ2) is 37.2. The first-order chi connectivity index (χ1) is 15.8. The van der Waals surface area contributed by atoms with Gasteiger partial charge in [0.15, 0.2) is 0 Å². The minimum absolute atomic E-state index is 0. The molecule has 7 heteroatoms. The van der Waals surface area contributed by atoms with E-state index in [4.69, 9.17) is 0 Å². The predicted octanol–water partition coefficient (Wildman–Crippen LogP) is 4.46. The minimum atomic E-state index is -0.916. The fraction of sp³-hybridized carbons (Fsp3) is 0.889. The van der Waals surface area contributed by atoms with Crippen molar-refractivity contribution in [3.8, 4) is 0 Å². The third-order valence-electron chi connectivity index (χ3n) is 5.20. The molecule has 0 aliphatic heterocycles. The summed E-state index contributed by atoms with van der Waals surface area (Å²) < 4.78 is 0. The summed E-state index contributed by atoms with van der Waals surface area (Å²) in [7, 11) is 0. The van der Waals surface area contributed by atoms with Crippen LogP contribution < -0.4 is 15.3 Å². The third kappa shape index (κ3) is 53.1. The first-order valence-electron chi connectivity index (χ1n) is 13.4. The number of hydrogen-bond donors (Lipinski definition) is 0. The van der Waals surface area contributed by atoms with Crippen LogP contribution in [0.5, 0.6) is 0 Å². The average Bonchev–Trinajstić information content (AvgIpc) is 2.76. The van der Waals surface area contributed by atoms with E-state index in [1.165, 1.54) is 77.0 Å². The number of carboxylic acid groups (broad SMARTS) is 3. The molecule has 0 atom stereocenters. The van der Waals surface area contributed by atoms with Gasteiger partial charge in [-0.15, -0.1) is 0 Å². The molecule has 6 nitrogen and oxygen atoms in total. The number of unbranched alkanes of at least 4 members (excludes halogenated alkanes) is 15. The molecule has 0 N–H and O–H groups in total. The summed E-state index contributed by atoms with van der Waals surface area (Å²) in [5, 5.41) is 29.9. The van der Waals surface area contributed by atoms with Crippen molar-refractivity contribution < 1.29 is 65.3 Å². The fourth-order valence-electron chi connectivity index (χ4n) is 3.15. The van der Waals surface area contributed by atoms with E-state index < -0.39 is 17.9 Å². The molecule has 0 aromatic carbocycles. The second-order valence-electron chi connectivity index (χ2n) is 8.67. The van der Waals surface area contributed by atoms with Gasteiger partial charge in [-0.2, -0.15) is 0 Å². The molecule has 0 saturated heterocycles. The number of carbonyl (C=O) groups excluding carboxylic acids is 3. The van der Waals surface area contributed by atoms with Crippen LogP contribution in [0.2, 0.25) is 0 Å². The zero-order chi connectivity index (χ0) is 25.6. The Morgan fingerprint density at radius 1 is 0.382 bits per heavy atom. The van der Waals surface area contributed by atoms with Crippen LogP contribution in [0, 0.1) is 35.6 Å². The molecule has 0 aromatic heterocycles. The van der Waals surface area contributed by atoms with Gasteiger partial charge in [0.2, 0.25) is 0 Å². The van der Waals surface area contributed by atoms with Gasteiger partial charge in [0.05, 0.1) is 0 Å². The Bertz CT molecular complexity index is 368. The largest absolute Gasteiger partial charge is 3.00 e. The van der Waals surface area contributed by atoms with Crippen molar-refractivity contribution in [1.29, 1.82) is 0 Å². The van der Waals surface area contributed by atoms with Crippen LogP contribution in [0.1, 0.15) is 156 Å². The van der Waals surface area contributed by atoms with Gasteiger partial charge in [0.1, 0.15) is 0 Å². The summed E-state index contributed by atoms with van der Waals surface area (Å²) in [6, 6.07) is 0. The summed E-state index contributed by atoms with van der Waals surface area (Å²) in [6.07, 6.45) is 20.9. The topological polar surface area (TPSA) is 120 Å².